The Morgan fingerprint density at radius 2 is 1.24 bits per heavy atom. The second-order valence-corrected chi connectivity index (χ2v) is 14.0. The number of para-hydroxylation sites is 1. The third kappa shape index (κ3) is 9.36. The number of nitrogens with one attached hydrogen (secondary N) is 1. The van der Waals surface area contributed by atoms with Crippen molar-refractivity contribution in [3.63, 3.8) is 0 Å². The summed E-state index contributed by atoms with van der Waals surface area (Å²) in [5.74, 6) is 0.298. The molecule has 0 heterocycles. The molecule has 1 atom stereocenters. The molecular weight excluding hydrogens is 635 g/mol. The number of sulfonamides is 1. The number of ether oxygens (including phenoxy) is 1. The average Bonchev–Trinajstić information content (AvgIpc) is 3.11. The van der Waals surface area contributed by atoms with E-state index in [2.05, 4.69) is 5.32 Å². The normalized spacial score (nSPS) is 11.8. The van der Waals surface area contributed by atoms with Crippen LogP contribution >= 0.6 is 0 Å². The van der Waals surface area contributed by atoms with Gasteiger partial charge in [0.1, 0.15) is 24.1 Å². The molecule has 0 aliphatic rings. The van der Waals surface area contributed by atoms with Gasteiger partial charge in [0, 0.05) is 19.0 Å². The molecule has 1 N–H and O–H groups in total. The highest BCUT2D eigenvalue weighted by atomic mass is 32.2. The van der Waals surface area contributed by atoms with Crippen LogP contribution in [0.15, 0.2) is 144 Å². The van der Waals surface area contributed by atoms with E-state index >= 15 is 0 Å². The third-order valence-electron chi connectivity index (χ3n) is 7.89. The highest BCUT2D eigenvalue weighted by Gasteiger charge is 2.34. The van der Waals surface area contributed by atoms with Crippen molar-refractivity contribution in [2.24, 2.45) is 0 Å². The quantitative estimate of drug-likeness (QED) is 0.135. The van der Waals surface area contributed by atoms with Crippen LogP contribution in [0, 0.1) is 6.92 Å². The van der Waals surface area contributed by atoms with Gasteiger partial charge in [-0.15, -0.1) is 0 Å². The van der Waals surface area contributed by atoms with Crippen molar-refractivity contribution < 1.29 is 22.7 Å². The first-order chi connectivity index (χ1) is 23.6. The van der Waals surface area contributed by atoms with Crippen LogP contribution in [0.25, 0.3) is 0 Å². The first-order valence-corrected chi connectivity index (χ1v) is 17.6. The van der Waals surface area contributed by atoms with E-state index in [-0.39, 0.29) is 35.5 Å². The van der Waals surface area contributed by atoms with Crippen molar-refractivity contribution in [3.8, 4) is 11.5 Å². The minimum Gasteiger partial charge on any atom is -0.457 e. The monoisotopic (exact) mass is 675 g/mol. The number of carbonyl (C=O) groups excluding carboxylic acids is 2. The first kappa shape index (κ1) is 34.9. The van der Waals surface area contributed by atoms with Crippen LogP contribution in [-0.2, 0) is 32.6 Å². The maximum Gasteiger partial charge on any atom is 0.264 e. The Hall–Kier alpha value is -5.41. The molecule has 5 aromatic carbocycles. The Labute approximate surface area is 289 Å². The van der Waals surface area contributed by atoms with Crippen molar-refractivity contribution in [3.05, 3.63) is 156 Å². The maximum absolute atomic E-state index is 14.6. The standard InChI is InChI=1S/C40H41N3O5S/c1-30(2)41-40(45)38(27-32-13-7-4-8-14-32)42(28-33-21-19-31(3)20-22-33)39(44)29-43(49(46,47)37-17-11-6-12-18-37)34-23-25-36(26-24-34)48-35-15-9-5-10-16-35/h4-26,30,38H,27-29H2,1-3H3,(H,41,45)/t38-/m1/s1. The van der Waals surface area contributed by atoms with E-state index in [9.17, 15) is 18.0 Å². The largest absolute Gasteiger partial charge is 0.457 e. The van der Waals surface area contributed by atoms with Gasteiger partial charge in [-0.1, -0.05) is 96.6 Å². The second kappa shape index (κ2) is 16.1. The zero-order valence-corrected chi connectivity index (χ0v) is 28.7. The van der Waals surface area contributed by atoms with Gasteiger partial charge in [-0.05, 0) is 80.4 Å². The Kier molecular flexibility index (Phi) is 11.5. The molecule has 0 radical (unpaired) electrons. The lowest BCUT2D eigenvalue weighted by Gasteiger charge is -2.34. The molecule has 0 unspecified atom stereocenters. The summed E-state index contributed by atoms with van der Waals surface area (Å²) < 4.78 is 35.5. The highest BCUT2D eigenvalue weighted by molar-refractivity contribution is 7.92. The molecular formula is C40H41N3O5S. The number of carbonyl (C=O) groups is 2. The molecule has 0 bridgehead atoms. The van der Waals surface area contributed by atoms with E-state index in [0.717, 1.165) is 21.0 Å². The molecule has 0 saturated heterocycles. The lowest BCUT2D eigenvalue weighted by Crippen LogP contribution is -2.54. The zero-order chi connectivity index (χ0) is 34.8. The summed E-state index contributed by atoms with van der Waals surface area (Å²) in [6.45, 7) is 5.27. The van der Waals surface area contributed by atoms with E-state index in [1.165, 1.54) is 17.0 Å². The lowest BCUT2D eigenvalue weighted by molar-refractivity contribution is -0.140. The van der Waals surface area contributed by atoms with Gasteiger partial charge < -0.3 is 15.0 Å². The van der Waals surface area contributed by atoms with Crippen LogP contribution in [0.4, 0.5) is 5.69 Å². The number of nitrogens with zero attached hydrogens (tertiary/aromatic N) is 2. The molecule has 0 aliphatic carbocycles. The SMILES string of the molecule is Cc1ccc(CN(C(=O)CN(c2ccc(Oc3ccccc3)cc2)S(=O)(=O)c2ccccc2)[C@H](Cc2ccccc2)C(=O)NC(C)C)cc1. The van der Waals surface area contributed by atoms with Gasteiger partial charge >= 0.3 is 0 Å². The summed E-state index contributed by atoms with van der Waals surface area (Å²) in [5.41, 5.74) is 3.02. The summed E-state index contributed by atoms with van der Waals surface area (Å²) in [6.07, 6.45) is 0.244. The minimum absolute atomic E-state index is 0.0379. The van der Waals surface area contributed by atoms with Crippen molar-refractivity contribution in [1.29, 1.82) is 0 Å². The fourth-order valence-corrected chi connectivity index (χ4v) is 6.81. The van der Waals surface area contributed by atoms with Gasteiger partial charge in [0.25, 0.3) is 10.0 Å². The Morgan fingerprint density at radius 1 is 0.694 bits per heavy atom. The molecule has 252 valence electrons. The Balaban J connectivity index is 1.54. The number of hydrogen-bond acceptors (Lipinski definition) is 5. The molecule has 5 rings (SSSR count). The van der Waals surface area contributed by atoms with Crippen LogP contribution in [-0.4, -0.2) is 43.8 Å². The number of rotatable bonds is 14. The molecule has 0 fully saturated rings. The number of hydrogen-bond donors (Lipinski definition) is 1. The average molecular weight is 676 g/mol. The molecule has 0 saturated carbocycles. The molecule has 0 aliphatic heterocycles. The second-order valence-electron chi connectivity index (χ2n) is 12.1. The van der Waals surface area contributed by atoms with E-state index in [0.29, 0.717) is 11.5 Å². The predicted octanol–water partition coefficient (Wildman–Crippen LogP) is 7.15. The maximum atomic E-state index is 14.6. The zero-order valence-electron chi connectivity index (χ0n) is 27.9. The van der Waals surface area contributed by atoms with Crippen LogP contribution in [0.1, 0.15) is 30.5 Å². The van der Waals surface area contributed by atoms with Gasteiger partial charge in [-0.25, -0.2) is 8.42 Å². The minimum atomic E-state index is -4.21. The predicted molar refractivity (Wildman–Crippen MR) is 193 cm³/mol. The summed E-state index contributed by atoms with van der Waals surface area (Å²) >= 11 is 0. The molecule has 8 nitrogen and oxygen atoms in total. The summed E-state index contributed by atoms with van der Waals surface area (Å²) in [6, 6.07) is 39.9. The number of aryl methyl sites for hydroxylation is 1. The summed E-state index contributed by atoms with van der Waals surface area (Å²) in [4.78, 5) is 30.0. The Morgan fingerprint density at radius 3 is 1.84 bits per heavy atom. The highest BCUT2D eigenvalue weighted by Crippen LogP contribution is 2.29. The lowest BCUT2D eigenvalue weighted by atomic mass is 10.0. The fourth-order valence-electron chi connectivity index (χ4n) is 5.38. The molecule has 0 spiro atoms. The van der Waals surface area contributed by atoms with Crippen molar-refractivity contribution >= 4 is 27.5 Å². The van der Waals surface area contributed by atoms with E-state index < -0.39 is 28.5 Å². The molecule has 0 aromatic heterocycles. The number of benzene rings is 5. The van der Waals surface area contributed by atoms with Crippen LogP contribution < -0.4 is 14.4 Å². The third-order valence-corrected chi connectivity index (χ3v) is 9.68. The van der Waals surface area contributed by atoms with E-state index in [1.807, 2.05) is 106 Å². The summed E-state index contributed by atoms with van der Waals surface area (Å²) in [7, 11) is -4.21. The van der Waals surface area contributed by atoms with Crippen LogP contribution in [0.3, 0.4) is 0 Å². The van der Waals surface area contributed by atoms with E-state index in [1.54, 1.807) is 42.5 Å². The number of anilines is 1. The topological polar surface area (TPSA) is 96.0 Å². The van der Waals surface area contributed by atoms with Gasteiger partial charge in [0.2, 0.25) is 11.8 Å². The van der Waals surface area contributed by atoms with Crippen LogP contribution in [0.5, 0.6) is 11.5 Å². The van der Waals surface area contributed by atoms with Crippen LogP contribution in [0.2, 0.25) is 0 Å². The van der Waals surface area contributed by atoms with E-state index in [4.69, 9.17) is 4.74 Å². The molecule has 2 amide bonds. The van der Waals surface area contributed by atoms with Gasteiger partial charge in [0.05, 0.1) is 10.6 Å². The summed E-state index contributed by atoms with van der Waals surface area (Å²) in [5, 5.41) is 2.98. The Bertz CT molecular complexity index is 1920. The first-order valence-electron chi connectivity index (χ1n) is 16.2. The smallest absolute Gasteiger partial charge is 0.264 e. The van der Waals surface area contributed by atoms with Gasteiger partial charge in [-0.2, -0.15) is 0 Å². The molecule has 5 aromatic rings. The fraction of sp³-hybridized carbons (Fsp3) is 0.200. The molecule has 9 heteroatoms. The van der Waals surface area contributed by atoms with Crippen molar-refractivity contribution in [2.45, 2.75) is 50.7 Å². The number of amides is 2. The van der Waals surface area contributed by atoms with Gasteiger partial charge in [-0.3, -0.25) is 13.9 Å². The van der Waals surface area contributed by atoms with Crippen molar-refractivity contribution in [1.82, 2.24) is 10.2 Å². The van der Waals surface area contributed by atoms with Crippen molar-refractivity contribution in [2.75, 3.05) is 10.8 Å². The molecule has 49 heavy (non-hydrogen) atoms. The van der Waals surface area contributed by atoms with Gasteiger partial charge in [0.15, 0.2) is 0 Å².